The number of esters is 1. The summed E-state index contributed by atoms with van der Waals surface area (Å²) in [6, 6.07) is 0. The molecule has 0 aromatic heterocycles. The van der Waals surface area contributed by atoms with Gasteiger partial charge in [0.05, 0.1) is 13.0 Å². The first-order valence-corrected chi connectivity index (χ1v) is 6.84. The van der Waals surface area contributed by atoms with Gasteiger partial charge in [-0.25, -0.2) is 4.79 Å². The Morgan fingerprint density at radius 3 is 2.85 bits per heavy atom. The molecule has 1 aliphatic rings. The molecule has 0 N–H and O–H groups in total. The van der Waals surface area contributed by atoms with Crippen molar-refractivity contribution in [2.75, 3.05) is 13.7 Å². The molecular formula is C14H23NO5. The van der Waals surface area contributed by atoms with Gasteiger partial charge in [-0.2, -0.15) is 0 Å². The van der Waals surface area contributed by atoms with Crippen LogP contribution in [0.2, 0.25) is 0 Å². The van der Waals surface area contributed by atoms with Crippen molar-refractivity contribution in [3.63, 3.8) is 0 Å². The molecule has 0 bridgehead atoms. The van der Waals surface area contributed by atoms with Gasteiger partial charge in [-0.3, -0.25) is 5.21 Å². The largest absolute Gasteiger partial charge is 0.466 e. The van der Waals surface area contributed by atoms with E-state index in [0.717, 1.165) is 6.42 Å². The third-order valence-corrected chi connectivity index (χ3v) is 3.52. The Bertz CT molecular complexity index is 391. The molecule has 0 aromatic rings. The fourth-order valence-corrected chi connectivity index (χ4v) is 2.32. The number of hydrogen-bond acceptors (Lipinski definition) is 5. The summed E-state index contributed by atoms with van der Waals surface area (Å²) in [7, 11) is 1.34. The van der Waals surface area contributed by atoms with E-state index < -0.39 is 6.29 Å². The third kappa shape index (κ3) is 4.23. The summed E-state index contributed by atoms with van der Waals surface area (Å²) in [5, 5.41) is 11.7. The molecule has 1 rings (SSSR count). The van der Waals surface area contributed by atoms with Crippen molar-refractivity contribution in [1.29, 1.82) is 0 Å². The van der Waals surface area contributed by atoms with Crippen LogP contribution in [0.3, 0.4) is 0 Å². The van der Waals surface area contributed by atoms with Crippen molar-refractivity contribution in [2.24, 2.45) is 11.8 Å². The average molecular weight is 285 g/mol. The fourth-order valence-electron chi connectivity index (χ4n) is 2.32. The molecule has 0 radical (unpaired) electrons. The van der Waals surface area contributed by atoms with E-state index in [4.69, 9.17) is 9.57 Å². The molecule has 114 valence electrons. The molecular weight excluding hydrogens is 262 g/mol. The van der Waals surface area contributed by atoms with E-state index in [2.05, 4.69) is 4.74 Å². The van der Waals surface area contributed by atoms with E-state index in [1.807, 2.05) is 13.8 Å². The number of nitrogens with zero attached hydrogens (tertiary/aromatic N) is 1. The summed E-state index contributed by atoms with van der Waals surface area (Å²) in [6.45, 7) is 6.13. The molecule has 6 nitrogen and oxygen atoms in total. The first-order chi connectivity index (χ1) is 9.51. The quantitative estimate of drug-likeness (QED) is 0.424. The van der Waals surface area contributed by atoms with Crippen LogP contribution in [0.15, 0.2) is 12.2 Å². The SMILES string of the molecule is CCOC1O[N+]([O-])=C(C)C(CC/C=C/C(=O)OC)C1C. The molecule has 3 unspecified atom stereocenters. The van der Waals surface area contributed by atoms with E-state index in [9.17, 15) is 10.0 Å². The summed E-state index contributed by atoms with van der Waals surface area (Å²) in [5.41, 5.74) is 0.639. The van der Waals surface area contributed by atoms with Crippen molar-refractivity contribution in [2.45, 2.75) is 39.9 Å². The average Bonchev–Trinajstić information content (AvgIpc) is 2.43. The molecule has 0 spiro atoms. The van der Waals surface area contributed by atoms with Crippen molar-refractivity contribution >= 4 is 11.7 Å². The molecule has 0 aromatic carbocycles. The third-order valence-electron chi connectivity index (χ3n) is 3.52. The monoisotopic (exact) mass is 285 g/mol. The Morgan fingerprint density at radius 2 is 2.25 bits per heavy atom. The van der Waals surface area contributed by atoms with Crippen molar-refractivity contribution in [3.8, 4) is 0 Å². The molecule has 0 fully saturated rings. The normalized spacial score (nSPS) is 26.7. The van der Waals surface area contributed by atoms with Crippen LogP contribution >= 0.6 is 0 Å². The Kier molecular flexibility index (Phi) is 6.51. The minimum absolute atomic E-state index is 0.0695. The second kappa shape index (κ2) is 7.89. The fraction of sp³-hybridized carbons (Fsp3) is 0.714. The highest BCUT2D eigenvalue weighted by Crippen LogP contribution is 2.29. The summed E-state index contributed by atoms with van der Waals surface area (Å²) in [6.07, 6.45) is 4.08. The van der Waals surface area contributed by atoms with Crippen LogP contribution in [0, 0.1) is 17.0 Å². The second-order valence-electron chi connectivity index (χ2n) is 4.80. The lowest BCUT2D eigenvalue weighted by Crippen LogP contribution is -2.43. The van der Waals surface area contributed by atoms with E-state index >= 15 is 0 Å². The molecule has 3 atom stereocenters. The maximum Gasteiger partial charge on any atom is 0.330 e. The highest BCUT2D eigenvalue weighted by Gasteiger charge is 2.37. The lowest BCUT2D eigenvalue weighted by atomic mass is 9.85. The summed E-state index contributed by atoms with van der Waals surface area (Å²) in [4.78, 5) is 16.7. The van der Waals surface area contributed by atoms with Crippen molar-refractivity contribution < 1.29 is 24.0 Å². The van der Waals surface area contributed by atoms with Gasteiger partial charge in [0.25, 0.3) is 0 Å². The highest BCUT2D eigenvalue weighted by molar-refractivity contribution is 5.82. The van der Waals surface area contributed by atoms with Gasteiger partial charge in [-0.05, 0) is 19.8 Å². The van der Waals surface area contributed by atoms with Crippen LogP contribution in [0.5, 0.6) is 0 Å². The van der Waals surface area contributed by atoms with Gasteiger partial charge in [0.15, 0.2) is 6.29 Å². The highest BCUT2D eigenvalue weighted by atomic mass is 16.9. The molecule has 0 aliphatic carbocycles. The van der Waals surface area contributed by atoms with Gasteiger partial charge in [0, 0.05) is 30.4 Å². The van der Waals surface area contributed by atoms with Crippen molar-refractivity contribution in [3.05, 3.63) is 17.4 Å². The number of hydrogen-bond donors (Lipinski definition) is 0. The molecule has 0 saturated carbocycles. The first-order valence-electron chi connectivity index (χ1n) is 6.84. The molecule has 1 heterocycles. The van der Waals surface area contributed by atoms with Crippen LogP contribution < -0.4 is 0 Å². The molecule has 0 saturated heterocycles. The number of rotatable bonds is 6. The zero-order valence-corrected chi connectivity index (χ0v) is 12.5. The first kappa shape index (κ1) is 16.5. The predicted molar refractivity (Wildman–Crippen MR) is 73.9 cm³/mol. The van der Waals surface area contributed by atoms with Crippen LogP contribution in [-0.4, -0.2) is 36.6 Å². The van der Waals surface area contributed by atoms with E-state index in [0.29, 0.717) is 23.6 Å². The summed E-state index contributed by atoms with van der Waals surface area (Å²) >= 11 is 0. The summed E-state index contributed by atoms with van der Waals surface area (Å²) in [5.74, 6) is -0.213. The maximum absolute atomic E-state index is 11.7. The minimum atomic E-state index is -0.518. The Balaban J connectivity index is 2.63. The topological polar surface area (TPSA) is 70.8 Å². The van der Waals surface area contributed by atoms with Crippen LogP contribution in [0.25, 0.3) is 0 Å². The minimum Gasteiger partial charge on any atom is -0.466 e. The van der Waals surface area contributed by atoms with Gasteiger partial charge < -0.3 is 14.3 Å². The van der Waals surface area contributed by atoms with Gasteiger partial charge in [0.1, 0.15) is 0 Å². The number of carbonyl (C=O) groups excluding carboxylic acids is 1. The predicted octanol–water partition coefficient (Wildman–Crippen LogP) is 2.03. The van der Waals surface area contributed by atoms with Gasteiger partial charge in [0.2, 0.25) is 5.71 Å². The molecule has 0 amide bonds. The van der Waals surface area contributed by atoms with Crippen LogP contribution in [0.1, 0.15) is 33.6 Å². The van der Waals surface area contributed by atoms with Gasteiger partial charge in [-0.15, -0.1) is 0 Å². The Morgan fingerprint density at radius 1 is 1.55 bits per heavy atom. The molecule has 6 heteroatoms. The standard InChI is InChI=1S/C14H23NO5/c1-5-19-14-10(2)12(11(3)15(17)20-14)8-6-7-9-13(16)18-4/h7,9-10,12,14H,5-6,8H2,1-4H3/b9-7+. The van der Waals surface area contributed by atoms with E-state index in [1.54, 1.807) is 13.0 Å². The zero-order chi connectivity index (χ0) is 15.1. The number of methoxy groups -OCH3 is 1. The molecule has 20 heavy (non-hydrogen) atoms. The van der Waals surface area contributed by atoms with Crippen LogP contribution in [0.4, 0.5) is 0 Å². The Labute approximate surface area is 119 Å². The lowest BCUT2D eigenvalue weighted by molar-refractivity contribution is -0.776. The van der Waals surface area contributed by atoms with Crippen molar-refractivity contribution in [1.82, 2.24) is 0 Å². The number of allylic oxidation sites excluding steroid dienone is 1. The van der Waals surface area contributed by atoms with Crippen LogP contribution in [-0.2, 0) is 19.1 Å². The van der Waals surface area contributed by atoms with Gasteiger partial charge in [-0.1, -0.05) is 13.0 Å². The van der Waals surface area contributed by atoms with E-state index in [-0.39, 0.29) is 17.8 Å². The smallest absolute Gasteiger partial charge is 0.330 e. The summed E-state index contributed by atoms with van der Waals surface area (Å²) < 4.78 is 9.96. The lowest BCUT2D eigenvalue weighted by Gasteiger charge is -2.34. The maximum atomic E-state index is 11.7. The molecule has 1 aliphatic heterocycles. The van der Waals surface area contributed by atoms with E-state index in [1.165, 1.54) is 13.2 Å². The zero-order valence-electron chi connectivity index (χ0n) is 12.5. The number of ether oxygens (including phenoxy) is 2. The Hall–Kier alpha value is -1.56. The van der Waals surface area contributed by atoms with Gasteiger partial charge >= 0.3 is 5.97 Å². The second-order valence-corrected chi connectivity index (χ2v) is 4.80. The number of carbonyl (C=O) groups is 1.